The predicted octanol–water partition coefficient (Wildman–Crippen LogP) is 1.47. The topological polar surface area (TPSA) is 75.6 Å². The summed E-state index contributed by atoms with van der Waals surface area (Å²) in [5, 5.41) is 11.9. The largest absolute Gasteiger partial charge is 0.478 e. The minimum Gasteiger partial charge on any atom is -0.478 e. The van der Waals surface area contributed by atoms with Crippen molar-refractivity contribution in [2.75, 3.05) is 7.05 Å². The Morgan fingerprint density at radius 2 is 1.85 bits per heavy atom. The first-order valence-electron chi connectivity index (χ1n) is 6.60. The van der Waals surface area contributed by atoms with E-state index in [1.165, 1.54) is 0 Å². The summed E-state index contributed by atoms with van der Waals surface area (Å²) in [6.07, 6.45) is -0.658. The molecule has 0 heterocycles. The lowest BCUT2D eigenvalue weighted by Gasteiger charge is -2.21. The summed E-state index contributed by atoms with van der Waals surface area (Å²) >= 11 is 0. The van der Waals surface area contributed by atoms with Gasteiger partial charge in [-0.3, -0.25) is 4.79 Å². The molecule has 5 nitrogen and oxygen atoms in total. The highest BCUT2D eigenvalue weighted by Crippen LogP contribution is 2.10. The SMILES string of the molecule is CN[C@H](Cc1ccccc1)C(=O)O[C@@H](C(=O)O)C(C)C. The molecule has 0 saturated carbocycles. The summed E-state index contributed by atoms with van der Waals surface area (Å²) < 4.78 is 5.10. The third-order valence-corrected chi connectivity index (χ3v) is 3.01. The summed E-state index contributed by atoms with van der Waals surface area (Å²) in [7, 11) is 1.65. The normalized spacial score (nSPS) is 13.8. The number of hydrogen-bond donors (Lipinski definition) is 2. The Labute approximate surface area is 118 Å². The van der Waals surface area contributed by atoms with E-state index in [9.17, 15) is 9.59 Å². The van der Waals surface area contributed by atoms with Gasteiger partial charge in [-0.25, -0.2) is 4.79 Å². The number of benzene rings is 1. The molecule has 5 heteroatoms. The maximum atomic E-state index is 12.0. The zero-order valence-corrected chi connectivity index (χ0v) is 12.0. The lowest BCUT2D eigenvalue weighted by atomic mass is 10.1. The van der Waals surface area contributed by atoms with Gasteiger partial charge in [0.15, 0.2) is 0 Å². The summed E-state index contributed by atoms with van der Waals surface area (Å²) in [6, 6.07) is 8.94. The Balaban J connectivity index is 2.69. The van der Waals surface area contributed by atoms with Crippen LogP contribution in [-0.4, -0.2) is 36.2 Å². The first kappa shape index (κ1) is 16.2. The second kappa shape index (κ2) is 7.65. The molecule has 0 aromatic heterocycles. The summed E-state index contributed by atoms with van der Waals surface area (Å²) in [6.45, 7) is 3.41. The van der Waals surface area contributed by atoms with E-state index in [1.54, 1.807) is 20.9 Å². The van der Waals surface area contributed by atoms with Gasteiger partial charge >= 0.3 is 11.9 Å². The standard InChI is InChI=1S/C15H21NO4/c1-10(2)13(14(17)18)20-15(19)12(16-3)9-11-7-5-4-6-8-11/h4-8,10,12-13,16H,9H2,1-3H3,(H,17,18)/t12-,13-/m1/s1. The second-order valence-electron chi connectivity index (χ2n) is 4.97. The van der Waals surface area contributed by atoms with Crippen molar-refractivity contribution in [1.82, 2.24) is 5.32 Å². The first-order valence-corrected chi connectivity index (χ1v) is 6.60. The van der Waals surface area contributed by atoms with Crippen molar-refractivity contribution in [3.05, 3.63) is 35.9 Å². The van der Waals surface area contributed by atoms with E-state index >= 15 is 0 Å². The van der Waals surface area contributed by atoms with Crippen molar-refractivity contribution in [2.45, 2.75) is 32.4 Å². The van der Waals surface area contributed by atoms with Gasteiger partial charge in [-0.1, -0.05) is 44.2 Å². The maximum absolute atomic E-state index is 12.0. The molecule has 1 aromatic carbocycles. The Morgan fingerprint density at radius 3 is 2.30 bits per heavy atom. The zero-order valence-electron chi connectivity index (χ0n) is 12.0. The van der Waals surface area contributed by atoms with E-state index in [0.29, 0.717) is 6.42 Å². The van der Waals surface area contributed by atoms with Crippen molar-refractivity contribution >= 4 is 11.9 Å². The fourth-order valence-electron chi connectivity index (χ4n) is 1.83. The van der Waals surface area contributed by atoms with Crippen LogP contribution in [0.1, 0.15) is 19.4 Å². The predicted molar refractivity (Wildman–Crippen MR) is 75.3 cm³/mol. The Morgan fingerprint density at radius 1 is 1.25 bits per heavy atom. The molecule has 110 valence electrons. The molecule has 0 spiro atoms. The van der Waals surface area contributed by atoms with Gasteiger partial charge in [-0.05, 0) is 19.0 Å². The number of carbonyl (C=O) groups excluding carboxylic acids is 1. The Bertz CT molecular complexity index is 444. The van der Waals surface area contributed by atoms with E-state index in [-0.39, 0.29) is 5.92 Å². The van der Waals surface area contributed by atoms with Crippen molar-refractivity contribution in [2.24, 2.45) is 5.92 Å². The number of carboxylic acids is 1. The van der Waals surface area contributed by atoms with Crippen LogP contribution in [0.5, 0.6) is 0 Å². The lowest BCUT2D eigenvalue weighted by molar-refractivity contribution is -0.168. The molecule has 0 aliphatic rings. The summed E-state index contributed by atoms with van der Waals surface area (Å²) in [5.41, 5.74) is 0.986. The third kappa shape index (κ3) is 4.66. The quantitative estimate of drug-likeness (QED) is 0.739. The van der Waals surface area contributed by atoms with Crippen LogP contribution in [0.3, 0.4) is 0 Å². The molecule has 0 fully saturated rings. The van der Waals surface area contributed by atoms with Gasteiger partial charge in [0.25, 0.3) is 0 Å². The highest BCUT2D eigenvalue weighted by molar-refractivity contribution is 5.81. The minimum absolute atomic E-state index is 0.273. The number of ether oxygens (including phenoxy) is 1. The van der Waals surface area contributed by atoms with E-state index < -0.39 is 24.1 Å². The van der Waals surface area contributed by atoms with Crippen molar-refractivity contribution in [3.8, 4) is 0 Å². The van der Waals surface area contributed by atoms with Crippen molar-refractivity contribution < 1.29 is 19.4 Å². The number of hydrogen-bond acceptors (Lipinski definition) is 4. The summed E-state index contributed by atoms with van der Waals surface area (Å²) in [5.74, 6) is -1.94. The average Bonchev–Trinajstić information content (AvgIpc) is 2.42. The number of carbonyl (C=O) groups is 2. The van der Waals surface area contributed by atoms with Crippen LogP contribution in [0.15, 0.2) is 30.3 Å². The molecule has 0 aliphatic heterocycles. The van der Waals surface area contributed by atoms with Crippen LogP contribution in [-0.2, 0) is 20.7 Å². The number of esters is 1. The van der Waals surface area contributed by atoms with Gasteiger partial charge in [0.05, 0.1) is 0 Å². The molecule has 0 bridgehead atoms. The van der Waals surface area contributed by atoms with Crippen LogP contribution in [0.2, 0.25) is 0 Å². The van der Waals surface area contributed by atoms with Gasteiger partial charge in [-0.15, -0.1) is 0 Å². The van der Waals surface area contributed by atoms with Gasteiger partial charge in [0.1, 0.15) is 6.04 Å². The van der Waals surface area contributed by atoms with Gasteiger partial charge < -0.3 is 15.2 Å². The van der Waals surface area contributed by atoms with Crippen LogP contribution in [0.25, 0.3) is 0 Å². The average molecular weight is 279 g/mol. The molecule has 1 aromatic rings. The molecular weight excluding hydrogens is 258 g/mol. The maximum Gasteiger partial charge on any atom is 0.345 e. The third-order valence-electron chi connectivity index (χ3n) is 3.01. The number of nitrogens with one attached hydrogen (secondary N) is 1. The number of rotatable bonds is 7. The Kier molecular flexibility index (Phi) is 6.18. The lowest BCUT2D eigenvalue weighted by Crippen LogP contribution is -2.42. The minimum atomic E-state index is -1.12. The molecular formula is C15H21NO4. The molecule has 0 unspecified atom stereocenters. The van der Waals surface area contributed by atoms with E-state index in [2.05, 4.69) is 5.32 Å². The molecule has 0 aliphatic carbocycles. The molecule has 0 saturated heterocycles. The van der Waals surface area contributed by atoms with Crippen molar-refractivity contribution in [1.29, 1.82) is 0 Å². The van der Waals surface area contributed by atoms with Crippen LogP contribution in [0.4, 0.5) is 0 Å². The van der Waals surface area contributed by atoms with Gasteiger partial charge in [-0.2, -0.15) is 0 Å². The highest BCUT2D eigenvalue weighted by Gasteiger charge is 2.29. The molecule has 2 atom stereocenters. The van der Waals surface area contributed by atoms with Crippen LogP contribution < -0.4 is 5.32 Å². The molecule has 2 N–H and O–H groups in total. The highest BCUT2D eigenvalue weighted by atomic mass is 16.6. The molecule has 1 rings (SSSR count). The second-order valence-corrected chi connectivity index (χ2v) is 4.97. The number of aliphatic carboxylic acids is 1. The number of carboxylic acid groups (broad SMARTS) is 1. The van der Waals surface area contributed by atoms with Crippen LogP contribution in [0, 0.1) is 5.92 Å². The smallest absolute Gasteiger partial charge is 0.345 e. The van der Waals surface area contributed by atoms with Crippen molar-refractivity contribution in [3.63, 3.8) is 0 Å². The van der Waals surface area contributed by atoms with E-state index in [0.717, 1.165) is 5.56 Å². The molecule has 0 radical (unpaired) electrons. The fraction of sp³-hybridized carbons (Fsp3) is 0.467. The molecule has 0 amide bonds. The summed E-state index contributed by atoms with van der Waals surface area (Å²) in [4.78, 5) is 23.1. The fourth-order valence-corrected chi connectivity index (χ4v) is 1.83. The monoisotopic (exact) mass is 279 g/mol. The Hall–Kier alpha value is -1.88. The van der Waals surface area contributed by atoms with E-state index in [1.807, 2.05) is 30.3 Å². The van der Waals surface area contributed by atoms with Gasteiger partial charge in [0, 0.05) is 5.92 Å². The first-order chi connectivity index (χ1) is 9.45. The number of likely N-dealkylation sites (N-methyl/N-ethyl adjacent to an activating group) is 1. The van der Waals surface area contributed by atoms with Gasteiger partial charge in [0.2, 0.25) is 6.10 Å². The van der Waals surface area contributed by atoms with Crippen LogP contribution >= 0.6 is 0 Å². The zero-order chi connectivity index (χ0) is 15.1. The molecule has 20 heavy (non-hydrogen) atoms. The van der Waals surface area contributed by atoms with E-state index in [4.69, 9.17) is 9.84 Å².